The van der Waals surface area contributed by atoms with Gasteiger partial charge in [-0.15, -0.1) is 10.2 Å². The first kappa shape index (κ1) is 21.1. The van der Waals surface area contributed by atoms with E-state index in [9.17, 15) is 4.79 Å². The second kappa shape index (κ2) is 9.36. The second-order valence-corrected chi connectivity index (χ2v) is 8.01. The summed E-state index contributed by atoms with van der Waals surface area (Å²) in [4.78, 5) is 17.6. The lowest BCUT2D eigenvalue weighted by Crippen LogP contribution is -2.46. The minimum Gasteiger partial charge on any atom is -0.493 e. The quantitative estimate of drug-likeness (QED) is 0.602. The normalized spacial score (nSPS) is 14.5. The molecule has 1 aliphatic heterocycles. The standard InChI is InChI=1S/C21H26N6O3S/c1-4-25-10-12-26(13-11-25)20-23-24-21(31-20)27-9-5-6-16(27)19(28)22-15-7-8-17(29-2)18(14-15)30-3/h5-9,14H,4,10-13H2,1-3H3,(H,22,28). The maximum atomic E-state index is 12.9. The van der Waals surface area contributed by atoms with Gasteiger partial charge in [-0.05, 0) is 30.8 Å². The van der Waals surface area contributed by atoms with E-state index in [0.29, 0.717) is 28.0 Å². The maximum Gasteiger partial charge on any atom is 0.272 e. The summed E-state index contributed by atoms with van der Waals surface area (Å²) in [5, 5.41) is 13.1. The number of anilines is 2. The molecule has 10 heteroatoms. The first-order chi connectivity index (χ1) is 15.1. The van der Waals surface area contributed by atoms with Crippen molar-refractivity contribution in [2.75, 3.05) is 57.2 Å². The molecule has 1 aliphatic rings. The van der Waals surface area contributed by atoms with Gasteiger partial charge in [-0.1, -0.05) is 18.3 Å². The van der Waals surface area contributed by atoms with Crippen molar-refractivity contribution in [2.45, 2.75) is 6.92 Å². The molecule has 1 amide bonds. The Kier molecular flexibility index (Phi) is 6.38. The third-order valence-corrected chi connectivity index (χ3v) is 6.31. The molecule has 164 valence electrons. The highest BCUT2D eigenvalue weighted by Gasteiger charge is 2.21. The van der Waals surface area contributed by atoms with E-state index in [4.69, 9.17) is 9.47 Å². The Bertz CT molecular complexity index is 1040. The van der Waals surface area contributed by atoms with Crippen LogP contribution in [0.3, 0.4) is 0 Å². The monoisotopic (exact) mass is 442 g/mol. The van der Waals surface area contributed by atoms with Crippen molar-refractivity contribution < 1.29 is 14.3 Å². The molecule has 0 spiro atoms. The molecule has 31 heavy (non-hydrogen) atoms. The van der Waals surface area contributed by atoms with Crippen LogP contribution in [0.1, 0.15) is 17.4 Å². The van der Waals surface area contributed by atoms with Gasteiger partial charge in [-0.2, -0.15) is 0 Å². The van der Waals surface area contributed by atoms with Crippen LogP contribution in [-0.4, -0.2) is 72.5 Å². The van der Waals surface area contributed by atoms with Crippen molar-refractivity contribution in [3.05, 3.63) is 42.2 Å². The van der Waals surface area contributed by atoms with Crippen molar-refractivity contribution in [3.8, 4) is 16.6 Å². The summed E-state index contributed by atoms with van der Waals surface area (Å²) in [5.41, 5.74) is 1.09. The Morgan fingerprint density at radius 2 is 1.81 bits per heavy atom. The smallest absolute Gasteiger partial charge is 0.272 e. The largest absolute Gasteiger partial charge is 0.493 e. The maximum absolute atomic E-state index is 12.9. The molecule has 0 aliphatic carbocycles. The Labute approximate surface area is 185 Å². The van der Waals surface area contributed by atoms with Crippen LogP contribution < -0.4 is 19.7 Å². The number of methoxy groups -OCH3 is 2. The minimum atomic E-state index is -0.245. The fourth-order valence-electron chi connectivity index (χ4n) is 3.53. The number of amides is 1. The Balaban J connectivity index is 1.49. The van der Waals surface area contributed by atoms with Crippen LogP contribution in [-0.2, 0) is 0 Å². The van der Waals surface area contributed by atoms with Gasteiger partial charge in [0.1, 0.15) is 5.69 Å². The van der Waals surface area contributed by atoms with Crippen molar-refractivity contribution in [2.24, 2.45) is 0 Å². The first-order valence-electron chi connectivity index (χ1n) is 10.1. The fourth-order valence-corrected chi connectivity index (χ4v) is 4.43. The number of hydrogen-bond donors (Lipinski definition) is 1. The van der Waals surface area contributed by atoms with Crippen LogP contribution in [0.25, 0.3) is 5.13 Å². The van der Waals surface area contributed by atoms with Crippen molar-refractivity contribution in [1.82, 2.24) is 19.7 Å². The SMILES string of the molecule is CCN1CCN(c2nnc(-n3cccc3C(=O)Nc3ccc(OC)c(OC)c3)s2)CC1. The molecular weight excluding hydrogens is 416 g/mol. The molecule has 4 rings (SSSR count). The molecule has 1 saturated heterocycles. The highest BCUT2D eigenvalue weighted by Crippen LogP contribution is 2.30. The molecule has 0 radical (unpaired) electrons. The van der Waals surface area contributed by atoms with E-state index >= 15 is 0 Å². The van der Waals surface area contributed by atoms with Gasteiger partial charge in [0.25, 0.3) is 5.91 Å². The number of likely N-dealkylation sites (N-methyl/N-ethyl adjacent to an activating group) is 1. The number of piperazine rings is 1. The van der Waals surface area contributed by atoms with Gasteiger partial charge in [-0.25, -0.2) is 0 Å². The van der Waals surface area contributed by atoms with E-state index in [1.807, 2.05) is 12.3 Å². The number of ether oxygens (including phenoxy) is 2. The predicted octanol–water partition coefficient (Wildman–Crippen LogP) is 2.74. The molecule has 0 saturated carbocycles. The Morgan fingerprint density at radius 3 is 2.52 bits per heavy atom. The van der Waals surface area contributed by atoms with Crippen LogP contribution in [0.2, 0.25) is 0 Å². The zero-order valence-electron chi connectivity index (χ0n) is 17.9. The van der Waals surface area contributed by atoms with E-state index in [-0.39, 0.29) is 5.91 Å². The van der Waals surface area contributed by atoms with Crippen molar-refractivity contribution >= 4 is 28.1 Å². The molecule has 1 N–H and O–H groups in total. The van der Waals surface area contributed by atoms with Gasteiger partial charge < -0.3 is 24.6 Å². The lowest BCUT2D eigenvalue weighted by Gasteiger charge is -2.33. The number of nitrogens with one attached hydrogen (secondary N) is 1. The van der Waals surface area contributed by atoms with Crippen LogP contribution in [0, 0.1) is 0 Å². The first-order valence-corrected chi connectivity index (χ1v) is 11.0. The van der Waals surface area contributed by atoms with Gasteiger partial charge in [-0.3, -0.25) is 9.36 Å². The zero-order valence-corrected chi connectivity index (χ0v) is 18.7. The summed E-state index contributed by atoms with van der Waals surface area (Å²) >= 11 is 1.49. The summed E-state index contributed by atoms with van der Waals surface area (Å²) in [6.07, 6.45) is 1.82. The van der Waals surface area contributed by atoms with Gasteiger partial charge in [0.2, 0.25) is 10.3 Å². The Morgan fingerprint density at radius 1 is 1.06 bits per heavy atom. The average molecular weight is 443 g/mol. The molecule has 9 nitrogen and oxygen atoms in total. The van der Waals surface area contributed by atoms with Gasteiger partial charge in [0.15, 0.2) is 11.5 Å². The highest BCUT2D eigenvalue weighted by molar-refractivity contribution is 7.17. The lowest BCUT2D eigenvalue weighted by molar-refractivity contribution is 0.102. The van der Waals surface area contributed by atoms with Crippen molar-refractivity contribution in [1.29, 1.82) is 0 Å². The van der Waals surface area contributed by atoms with E-state index in [0.717, 1.165) is 37.9 Å². The van der Waals surface area contributed by atoms with Crippen molar-refractivity contribution in [3.63, 3.8) is 0 Å². The number of hydrogen-bond acceptors (Lipinski definition) is 8. The fraction of sp³-hybridized carbons (Fsp3) is 0.381. The van der Waals surface area contributed by atoms with Crippen LogP contribution >= 0.6 is 11.3 Å². The molecule has 1 aromatic carbocycles. The molecule has 3 heterocycles. The predicted molar refractivity (Wildman–Crippen MR) is 121 cm³/mol. The number of carbonyl (C=O) groups is 1. The summed E-state index contributed by atoms with van der Waals surface area (Å²) in [6, 6.07) is 8.83. The molecule has 2 aromatic heterocycles. The van der Waals surface area contributed by atoms with Crippen LogP contribution in [0.15, 0.2) is 36.5 Å². The van der Waals surface area contributed by atoms with Gasteiger partial charge in [0.05, 0.1) is 14.2 Å². The minimum absolute atomic E-state index is 0.245. The summed E-state index contributed by atoms with van der Waals surface area (Å²) in [5.74, 6) is 0.906. The second-order valence-electron chi connectivity index (χ2n) is 7.08. The topological polar surface area (TPSA) is 84.8 Å². The average Bonchev–Trinajstić information content (AvgIpc) is 3.48. The number of nitrogens with zero attached hydrogens (tertiary/aromatic N) is 5. The Hall–Kier alpha value is -3.11. The molecule has 1 fully saturated rings. The number of aromatic nitrogens is 3. The summed E-state index contributed by atoms with van der Waals surface area (Å²) in [7, 11) is 3.13. The summed E-state index contributed by atoms with van der Waals surface area (Å²) in [6.45, 7) is 7.15. The lowest BCUT2D eigenvalue weighted by atomic mass is 10.2. The van der Waals surface area contributed by atoms with E-state index in [1.165, 1.54) is 11.3 Å². The molecule has 3 aromatic rings. The van der Waals surface area contributed by atoms with E-state index in [2.05, 4.69) is 32.2 Å². The molecular formula is C21H26N6O3S. The molecule has 0 atom stereocenters. The molecule has 0 unspecified atom stereocenters. The zero-order chi connectivity index (χ0) is 21.8. The number of rotatable bonds is 7. The van der Waals surface area contributed by atoms with E-state index in [1.54, 1.807) is 43.1 Å². The third kappa shape index (κ3) is 4.49. The number of benzene rings is 1. The van der Waals surface area contributed by atoms with Crippen LogP contribution in [0.4, 0.5) is 10.8 Å². The van der Waals surface area contributed by atoms with E-state index < -0.39 is 0 Å². The third-order valence-electron chi connectivity index (χ3n) is 5.32. The molecule has 0 bridgehead atoms. The van der Waals surface area contributed by atoms with Gasteiger partial charge >= 0.3 is 0 Å². The number of carbonyl (C=O) groups excluding carboxylic acids is 1. The highest BCUT2D eigenvalue weighted by atomic mass is 32.1. The van der Waals surface area contributed by atoms with Gasteiger partial charge in [0, 0.05) is 44.1 Å². The van der Waals surface area contributed by atoms with Crippen LogP contribution in [0.5, 0.6) is 11.5 Å². The summed E-state index contributed by atoms with van der Waals surface area (Å²) < 4.78 is 12.3.